The Kier molecular flexibility index (Phi) is 5.44. The molecule has 1 N–H and O–H groups in total. The molecule has 23 heavy (non-hydrogen) atoms. The molecule has 1 amide bonds. The lowest BCUT2D eigenvalue weighted by molar-refractivity contribution is -0.117. The van der Waals surface area contributed by atoms with E-state index in [1.165, 1.54) is 19.3 Å². The predicted octanol–water partition coefficient (Wildman–Crippen LogP) is 3.96. The van der Waals surface area contributed by atoms with Gasteiger partial charge in [0.15, 0.2) is 11.5 Å². The molecule has 0 unspecified atom stereocenters. The first kappa shape index (κ1) is 16.2. The second-order valence-electron chi connectivity index (χ2n) is 6.06. The van der Waals surface area contributed by atoms with Crippen LogP contribution in [0.1, 0.15) is 44.1 Å². The number of nitrogens with one attached hydrogen (secondary N) is 1. The van der Waals surface area contributed by atoms with Crippen molar-refractivity contribution in [2.75, 3.05) is 13.2 Å². The topological polar surface area (TPSA) is 47.6 Å². The standard InChI is InChI=1S/C18H22ClNO3/c19-15-11-13(12-16-18(15)23-10-4-9-22-16)7-8-17(21)20-14-5-2-1-3-6-14/h7-8,11-12,14H,1-6,9-10H2,(H,20,21). The van der Waals surface area contributed by atoms with Gasteiger partial charge in [0.2, 0.25) is 5.91 Å². The zero-order valence-corrected chi connectivity index (χ0v) is 13.9. The Morgan fingerprint density at radius 3 is 2.74 bits per heavy atom. The van der Waals surface area contributed by atoms with E-state index in [-0.39, 0.29) is 5.91 Å². The van der Waals surface area contributed by atoms with Gasteiger partial charge in [-0.25, -0.2) is 0 Å². The summed E-state index contributed by atoms with van der Waals surface area (Å²) in [6, 6.07) is 3.96. The molecule has 1 fully saturated rings. The third kappa shape index (κ3) is 4.41. The smallest absolute Gasteiger partial charge is 0.244 e. The third-order valence-electron chi connectivity index (χ3n) is 4.20. The predicted molar refractivity (Wildman–Crippen MR) is 91.1 cm³/mol. The number of benzene rings is 1. The first-order valence-electron chi connectivity index (χ1n) is 8.30. The minimum absolute atomic E-state index is 0.0554. The van der Waals surface area contributed by atoms with E-state index in [9.17, 15) is 4.79 Å². The van der Waals surface area contributed by atoms with Crippen molar-refractivity contribution in [1.29, 1.82) is 0 Å². The van der Waals surface area contributed by atoms with Crippen LogP contribution < -0.4 is 14.8 Å². The Balaban J connectivity index is 1.66. The van der Waals surface area contributed by atoms with E-state index >= 15 is 0 Å². The van der Waals surface area contributed by atoms with E-state index in [0.29, 0.717) is 35.8 Å². The second kappa shape index (κ2) is 7.73. The number of carbonyl (C=O) groups is 1. The van der Waals surface area contributed by atoms with Crippen LogP contribution in [0.15, 0.2) is 18.2 Å². The molecule has 1 saturated carbocycles. The summed E-state index contributed by atoms with van der Waals surface area (Å²) in [5.41, 5.74) is 0.832. The first-order valence-corrected chi connectivity index (χ1v) is 8.68. The van der Waals surface area contributed by atoms with Gasteiger partial charge in [0.25, 0.3) is 0 Å². The highest BCUT2D eigenvalue weighted by Gasteiger charge is 2.16. The first-order chi connectivity index (χ1) is 11.2. The van der Waals surface area contributed by atoms with Crippen molar-refractivity contribution in [1.82, 2.24) is 5.32 Å². The number of amides is 1. The van der Waals surface area contributed by atoms with Gasteiger partial charge in [0.1, 0.15) is 0 Å². The summed E-state index contributed by atoms with van der Waals surface area (Å²) < 4.78 is 11.3. The molecule has 1 aliphatic carbocycles. The van der Waals surface area contributed by atoms with Crippen LogP contribution >= 0.6 is 11.6 Å². The monoisotopic (exact) mass is 335 g/mol. The molecule has 0 bridgehead atoms. The van der Waals surface area contributed by atoms with E-state index in [2.05, 4.69) is 5.32 Å². The molecule has 2 aliphatic rings. The molecule has 1 heterocycles. The van der Waals surface area contributed by atoms with Crippen molar-refractivity contribution < 1.29 is 14.3 Å². The maximum absolute atomic E-state index is 12.0. The highest BCUT2D eigenvalue weighted by atomic mass is 35.5. The normalized spacial score (nSPS) is 18.7. The lowest BCUT2D eigenvalue weighted by Crippen LogP contribution is -2.34. The highest BCUT2D eigenvalue weighted by molar-refractivity contribution is 6.32. The zero-order valence-electron chi connectivity index (χ0n) is 13.1. The molecule has 124 valence electrons. The van der Waals surface area contributed by atoms with Gasteiger partial charge in [-0.1, -0.05) is 30.9 Å². The molecule has 5 heteroatoms. The minimum atomic E-state index is -0.0554. The summed E-state index contributed by atoms with van der Waals surface area (Å²) in [5.74, 6) is 1.18. The molecule has 4 nitrogen and oxygen atoms in total. The summed E-state index contributed by atoms with van der Waals surface area (Å²) in [6.45, 7) is 1.21. The largest absolute Gasteiger partial charge is 0.489 e. The van der Waals surface area contributed by atoms with Crippen LogP contribution in [0.25, 0.3) is 6.08 Å². The van der Waals surface area contributed by atoms with Gasteiger partial charge in [0, 0.05) is 18.5 Å². The average Bonchev–Trinajstić information content (AvgIpc) is 2.80. The van der Waals surface area contributed by atoms with Crippen LogP contribution in [-0.4, -0.2) is 25.2 Å². The molecule has 0 saturated heterocycles. The van der Waals surface area contributed by atoms with Gasteiger partial charge < -0.3 is 14.8 Å². The van der Waals surface area contributed by atoms with Crippen LogP contribution in [0.5, 0.6) is 11.5 Å². The fraction of sp³-hybridized carbons (Fsp3) is 0.500. The van der Waals surface area contributed by atoms with Crippen LogP contribution in [0, 0.1) is 0 Å². The van der Waals surface area contributed by atoms with Gasteiger partial charge in [-0.05, 0) is 36.6 Å². The summed E-state index contributed by atoms with van der Waals surface area (Å²) in [6.07, 6.45) is 9.99. The molecule has 0 radical (unpaired) electrons. The number of carbonyl (C=O) groups excluding carboxylic acids is 1. The number of ether oxygens (including phenoxy) is 2. The zero-order chi connectivity index (χ0) is 16.1. The van der Waals surface area contributed by atoms with Crippen LogP contribution in [0.4, 0.5) is 0 Å². The number of halogens is 1. The van der Waals surface area contributed by atoms with Crippen molar-refractivity contribution in [3.63, 3.8) is 0 Å². The Morgan fingerprint density at radius 1 is 1.13 bits per heavy atom. The van der Waals surface area contributed by atoms with Crippen LogP contribution in [-0.2, 0) is 4.79 Å². The molecule has 3 rings (SSSR count). The molecule has 1 aromatic rings. The number of rotatable bonds is 3. The lowest BCUT2D eigenvalue weighted by atomic mass is 9.95. The number of hydrogen-bond acceptors (Lipinski definition) is 3. The van der Waals surface area contributed by atoms with E-state index in [4.69, 9.17) is 21.1 Å². The number of hydrogen-bond donors (Lipinski definition) is 1. The van der Waals surface area contributed by atoms with Gasteiger partial charge >= 0.3 is 0 Å². The maximum atomic E-state index is 12.0. The van der Waals surface area contributed by atoms with Gasteiger partial charge in [0.05, 0.1) is 18.2 Å². The van der Waals surface area contributed by atoms with Crippen molar-refractivity contribution in [3.8, 4) is 11.5 Å². The fourth-order valence-corrected chi connectivity index (χ4v) is 3.29. The Labute approximate surface area is 141 Å². The van der Waals surface area contributed by atoms with Crippen molar-refractivity contribution in [2.45, 2.75) is 44.6 Å². The van der Waals surface area contributed by atoms with Crippen molar-refractivity contribution >= 4 is 23.6 Å². The molecule has 0 spiro atoms. The average molecular weight is 336 g/mol. The molecule has 0 atom stereocenters. The van der Waals surface area contributed by atoms with Gasteiger partial charge in [-0.15, -0.1) is 0 Å². The minimum Gasteiger partial charge on any atom is -0.489 e. The Morgan fingerprint density at radius 2 is 1.91 bits per heavy atom. The summed E-state index contributed by atoms with van der Waals surface area (Å²) in [4.78, 5) is 12.0. The summed E-state index contributed by atoms with van der Waals surface area (Å²) in [7, 11) is 0. The SMILES string of the molecule is O=C(C=Cc1cc(Cl)c2c(c1)OCCCO2)NC1CCCCC1. The lowest BCUT2D eigenvalue weighted by Gasteiger charge is -2.21. The summed E-state index contributed by atoms with van der Waals surface area (Å²) >= 11 is 6.25. The fourth-order valence-electron chi connectivity index (χ4n) is 3.02. The van der Waals surface area contributed by atoms with Gasteiger partial charge in [-0.3, -0.25) is 4.79 Å². The van der Waals surface area contributed by atoms with Crippen molar-refractivity contribution in [3.05, 3.63) is 28.8 Å². The molecule has 1 aromatic carbocycles. The summed E-state index contributed by atoms with van der Waals surface area (Å²) in [5, 5.41) is 3.57. The maximum Gasteiger partial charge on any atom is 0.244 e. The van der Waals surface area contributed by atoms with E-state index < -0.39 is 0 Å². The molecule has 0 aromatic heterocycles. The van der Waals surface area contributed by atoms with Crippen LogP contribution in [0.2, 0.25) is 5.02 Å². The quantitative estimate of drug-likeness (QED) is 0.850. The van der Waals surface area contributed by atoms with Crippen molar-refractivity contribution in [2.24, 2.45) is 0 Å². The van der Waals surface area contributed by atoms with E-state index in [1.807, 2.05) is 6.07 Å². The van der Waals surface area contributed by atoms with Crippen LogP contribution in [0.3, 0.4) is 0 Å². The molecular formula is C18H22ClNO3. The Bertz CT molecular complexity index is 594. The Hall–Kier alpha value is -1.68. The van der Waals surface area contributed by atoms with Gasteiger partial charge in [-0.2, -0.15) is 0 Å². The van der Waals surface area contributed by atoms with E-state index in [1.54, 1.807) is 18.2 Å². The highest BCUT2D eigenvalue weighted by Crippen LogP contribution is 2.38. The third-order valence-corrected chi connectivity index (χ3v) is 4.48. The second-order valence-corrected chi connectivity index (χ2v) is 6.46. The molecular weight excluding hydrogens is 314 g/mol. The number of fused-ring (bicyclic) bond motifs is 1. The molecule has 1 aliphatic heterocycles. The van der Waals surface area contributed by atoms with E-state index in [0.717, 1.165) is 24.8 Å².